The van der Waals surface area contributed by atoms with Crippen LogP contribution in [0.4, 0.5) is 24.5 Å². The van der Waals surface area contributed by atoms with Gasteiger partial charge in [-0.25, -0.2) is 0 Å². The third kappa shape index (κ3) is 8.92. The summed E-state index contributed by atoms with van der Waals surface area (Å²) >= 11 is 11.8. The van der Waals surface area contributed by atoms with Gasteiger partial charge in [0.1, 0.15) is 11.4 Å². The number of anilines is 1. The van der Waals surface area contributed by atoms with E-state index in [9.17, 15) is 23.3 Å². The van der Waals surface area contributed by atoms with Crippen LogP contribution in [0.25, 0.3) is 0 Å². The monoisotopic (exact) mass is 504 g/mol. The molecule has 0 radical (unpaired) electrons. The van der Waals surface area contributed by atoms with Gasteiger partial charge in [0, 0.05) is 17.7 Å². The molecule has 0 heterocycles. The number of nitrogens with zero attached hydrogens (tertiary/aromatic N) is 1. The average Bonchev–Trinajstić information content (AvgIpc) is 2.55. The standard InChI is InChI=1S/C17H15Cl2F3N2O3.H3O3P/c1-16(2,3)23-13-8-10(4-5-14(13)24(25)26)27-15-11(18)6-9(7-12(15)19)17(20,21)22;1-4(2)3/h4-8,23H,1-3H3;4H,(H2,1,2,3). The van der Waals surface area contributed by atoms with Crippen LogP contribution in [-0.2, 0) is 10.7 Å². The van der Waals surface area contributed by atoms with E-state index in [0.29, 0.717) is 12.1 Å². The average molecular weight is 505 g/mol. The molecule has 0 spiro atoms. The lowest BCUT2D eigenvalue weighted by Crippen LogP contribution is -2.26. The first kappa shape index (κ1) is 27.0. The van der Waals surface area contributed by atoms with E-state index in [0.717, 1.165) is 0 Å². The highest BCUT2D eigenvalue weighted by Gasteiger charge is 2.32. The highest BCUT2D eigenvalue weighted by Crippen LogP contribution is 2.42. The Morgan fingerprint density at radius 3 is 1.97 bits per heavy atom. The molecule has 0 atom stereocenters. The predicted molar refractivity (Wildman–Crippen MR) is 111 cm³/mol. The van der Waals surface area contributed by atoms with Gasteiger partial charge in [0.2, 0.25) is 0 Å². The molecule has 0 amide bonds. The summed E-state index contributed by atoms with van der Waals surface area (Å²) in [6.07, 6.45) is -4.61. The van der Waals surface area contributed by atoms with Crippen molar-refractivity contribution in [1.29, 1.82) is 0 Å². The van der Waals surface area contributed by atoms with E-state index in [1.165, 1.54) is 18.2 Å². The normalized spacial score (nSPS) is 11.6. The molecule has 2 aromatic rings. The number of halogens is 5. The molecular weight excluding hydrogens is 487 g/mol. The summed E-state index contributed by atoms with van der Waals surface area (Å²) in [5.74, 6) is -0.0576. The van der Waals surface area contributed by atoms with Gasteiger partial charge in [0.15, 0.2) is 5.75 Å². The summed E-state index contributed by atoms with van der Waals surface area (Å²) in [4.78, 5) is 24.9. The first-order valence-corrected chi connectivity index (χ1v) is 10.3. The summed E-state index contributed by atoms with van der Waals surface area (Å²) in [5, 5.41) is 13.5. The smallest absolute Gasteiger partial charge is 0.416 e. The molecule has 8 nitrogen and oxygen atoms in total. The lowest BCUT2D eigenvalue weighted by atomic mass is 10.1. The second-order valence-corrected chi connectivity index (χ2v) is 8.34. The van der Waals surface area contributed by atoms with Crippen LogP contribution in [0.5, 0.6) is 11.5 Å². The van der Waals surface area contributed by atoms with Crippen LogP contribution < -0.4 is 10.1 Å². The van der Waals surface area contributed by atoms with Crippen LogP contribution >= 0.6 is 31.5 Å². The van der Waals surface area contributed by atoms with Gasteiger partial charge in [-0.2, -0.15) is 13.2 Å². The van der Waals surface area contributed by atoms with Crippen molar-refractivity contribution >= 4 is 42.8 Å². The molecule has 3 N–H and O–H groups in total. The zero-order valence-electron chi connectivity index (χ0n) is 16.3. The van der Waals surface area contributed by atoms with E-state index in [1.54, 1.807) is 0 Å². The SMILES string of the molecule is CC(C)(C)Nc1cc(Oc2c(Cl)cc(C(F)(F)F)cc2Cl)ccc1[N+](=O)[O-].O=[PH](O)O. The van der Waals surface area contributed by atoms with Crippen molar-refractivity contribution in [1.82, 2.24) is 0 Å². The second-order valence-electron chi connectivity index (χ2n) is 6.96. The Labute approximate surface area is 185 Å². The zero-order valence-corrected chi connectivity index (χ0v) is 18.8. The molecule has 0 unspecified atom stereocenters. The van der Waals surface area contributed by atoms with Crippen molar-refractivity contribution in [2.24, 2.45) is 0 Å². The minimum absolute atomic E-state index is 0.121. The predicted octanol–water partition coefficient (Wildman–Crippen LogP) is 6.28. The van der Waals surface area contributed by atoms with Gasteiger partial charge in [-0.15, -0.1) is 0 Å². The summed E-state index contributed by atoms with van der Waals surface area (Å²) < 4.78 is 52.7. The van der Waals surface area contributed by atoms with Crippen molar-refractivity contribution in [3.8, 4) is 11.5 Å². The summed E-state index contributed by atoms with van der Waals surface area (Å²) in [5.41, 5.74) is -1.48. The van der Waals surface area contributed by atoms with E-state index < -0.39 is 30.5 Å². The minimum Gasteiger partial charge on any atom is -0.454 e. The molecule has 2 aromatic carbocycles. The van der Waals surface area contributed by atoms with Gasteiger partial charge in [0.05, 0.1) is 20.5 Å². The van der Waals surface area contributed by atoms with Crippen LogP contribution in [0.2, 0.25) is 10.0 Å². The number of alkyl halides is 3. The Kier molecular flexibility index (Phi) is 9.16. The van der Waals surface area contributed by atoms with Crippen LogP contribution in [-0.4, -0.2) is 20.2 Å². The van der Waals surface area contributed by atoms with Crippen molar-refractivity contribution < 1.29 is 37.2 Å². The van der Waals surface area contributed by atoms with Gasteiger partial charge < -0.3 is 19.8 Å². The molecule has 0 aliphatic heterocycles. The first-order chi connectivity index (χ1) is 14.0. The second kappa shape index (κ2) is 10.5. The van der Waals surface area contributed by atoms with E-state index in [4.69, 9.17) is 42.3 Å². The quantitative estimate of drug-likeness (QED) is 0.254. The third-order valence-electron chi connectivity index (χ3n) is 3.22. The lowest BCUT2D eigenvalue weighted by molar-refractivity contribution is -0.384. The molecule has 31 heavy (non-hydrogen) atoms. The number of hydrogen-bond donors (Lipinski definition) is 3. The van der Waals surface area contributed by atoms with Crippen molar-refractivity contribution in [2.45, 2.75) is 32.5 Å². The molecule has 0 saturated heterocycles. The fourth-order valence-electron chi connectivity index (χ4n) is 2.18. The Hall–Kier alpha value is -2.04. The molecule has 0 aliphatic rings. The van der Waals surface area contributed by atoms with Gasteiger partial charge in [-0.1, -0.05) is 23.2 Å². The molecule has 0 aromatic heterocycles. The van der Waals surface area contributed by atoms with Crippen molar-refractivity contribution in [3.05, 3.63) is 56.1 Å². The number of nitro benzene ring substituents is 1. The molecule has 0 fully saturated rings. The zero-order chi connectivity index (χ0) is 24.1. The Balaban J connectivity index is 0.00000110. The van der Waals surface area contributed by atoms with Crippen LogP contribution in [0.3, 0.4) is 0 Å². The molecule has 2 rings (SSSR count). The van der Waals surface area contributed by atoms with Gasteiger partial charge in [0.25, 0.3) is 5.69 Å². The highest BCUT2D eigenvalue weighted by molar-refractivity contribution is 7.30. The van der Waals surface area contributed by atoms with E-state index >= 15 is 0 Å². The number of rotatable bonds is 4. The molecule has 14 heteroatoms. The third-order valence-corrected chi connectivity index (χ3v) is 3.78. The van der Waals surface area contributed by atoms with E-state index in [-0.39, 0.29) is 32.9 Å². The lowest BCUT2D eigenvalue weighted by Gasteiger charge is -2.22. The largest absolute Gasteiger partial charge is 0.454 e. The van der Waals surface area contributed by atoms with Crippen LogP contribution in [0.15, 0.2) is 30.3 Å². The maximum atomic E-state index is 12.8. The van der Waals surface area contributed by atoms with Gasteiger partial charge in [-0.05, 0) is 39.0 Å². The van der Waals surface area contributed by atoms with E-state index in [1.807, 2.05) is 20.8 Å². The van der Waals surface area contributed by atoms with E-state index in [2.05, 4.69) is 5.32 Å². The number of hydrogen-bond acceptors (Lipinski definition) is 5. The molecule has 0 aliphatic carbocycles. The maximum Gasteiger partial charge on any atom is 0.416 e. The Bertz CT molecular complexity index is 956. The molecular formula is C17H18Cl2F3N2O6P. The molecule has 0 bridgehead atoms. The number of nitro groups is 1. The van der Waals surface area contributed by atoms with Crippen LogP contribution in [0, 0.1) is 10.1 Å². The summed E-state index contributed by atoms with van der Waals surface area (Å²) in [6, 6.07) is 5.27. The fraction of sp³-hybridized carbons (Fsp3) is 0.294. The fourth-order valence-corrected chi connectivity index (χ4v) is 2.75. The number of nitrogens with one attached hydrogen (secondary N) is 1. The van der Waals surface area contributed by atoms with Crippen molar-refractivity contribution in [3.63, 3.8) is 0 Å². The summed E-state index contributed by atoms with van der Waals surface area (Å²) in [7, 11) is -3.13. The Morgan fingerprint density at radius 2 is 1.58 bits per heavy atom. The molecule has 0 saturated carbocycles. The topological polar surface area (TPSA) is 122 Å². The Morgan fingerprint density at radius 1 is 1.10 bits per heavy atom. The summed E-state index contributed by atoms with van der Waals surface area (Å²) in [6.45, 7) is 5.44. The van der Waals surface area contributed by atoms with Gasteiger partial charge in [-0.3, -0.25) is 14.7 Å². The number of ether oxygens (including phenoxy) is 1. The van der Waals surface area contributed by atoms with Crippen LogP contribution in [0.1, 0.15) is 26.3 Å². The maximum absolute atomic E-state index is 12.8. The number of benzene rings is 2. The van der Waals surface area contributed by atoms with Gasteiger partial charge >= 0.3 is 14.4 Å². The first-order valence-electron chi connectivity index (χ1n) is 8.24. The highest BCUT2D eigenvalue weighted by atomic mass is 35.5. The minimum atomic E-state index is -4.61. The molecule has 172 valence electrons. The van der Waals surface area contributed by atoms with Crippen molar-refractivity contribution in [2.75, 3.05) is 5.32 Å².